The summed E-state index contributed by atoms with van der Waals surface area (Å²) in [6.45, 7) is 1.84. The fourth-order valence-electron chi connectivity index (χ4n) is 4.62. The lowest BCUT2D eigenvalue weighted by Crippen LogP contribution is -2.49. The molecule has 0 heterocycles. The zero-order valence-electron chi connectivity index (χ0n) is 22.3. The second-order valence-electron chi connectivity index (χ2n) is 9.68. The molecule has 0 aromatic heterocycles. The fraction of sp³-hybridized carbons (Fsp3) is 0.481. The van der Waals surface area contributed by atoms with E-state index in [2.05, 4.69) is 5.32 Å². The molecule has 2 aromatic carbocycles. The maximum absolute atomic E-state index is 13.5. The van der Waals surface area contributed by atoms with E-state index in [0.717, 1.165) is 31.9 Å². The topological polar surface area (TPSA) is 96.0 Å². The van der Waals surface area contributed by atoms with Crippen LogP contribution in [-0.2, 0) is 26.2 Å². The van der Waals surface area contributed by atoms with Crippen molar-refractivity contribution in [1.29, 1.82) is 0 Å². The number of nitrogens with one attached hydrogen (secondary N) is 1. The molecule has 1 atom stereocenters. The van der Waals surface area contributed by atoms with E-state index in [0.29, 0.717) is 27.0 Å². The molecule has 1 aliphatic carbocycles. The molecule has 0 aliphatic heterocycles. The number of anilines is 1. The molecule has 1 saturated carbocycles. The number of carbonyl (C=O) groups is 2. The van der Waals surface area contributed by atoms with Crippen molar-refractivity contribution in [3.63, 3.8) is 0 Å². The standard InChI is InChI=1S/C27H34Cl3N3O5S/c1-18(27(35)31-21-7-4-5-8-21)32(17-19-10-11-20(28)15-23(19)29)26(34)9-6-14-33(39(3,36)37)22-12-13-25(38-2)24(30)16-22/h10-13,15-16,18,21H,4-9,14,17H2,1-3H3,(H,31,35)/t18-/m1/s1. The predicted octanol–water partition coefficient (Wildman–Crippen LogP) is 5.68. The minimum Gasteiger partial charge on any atom is -0.495 e. The van der Waals surface area contributed by atoms with Crippen LogP contribution >= 0.6 is 34.8 Å². The van der Waals surface area contributed by atoms with Crippen LogP contribution in [0.25, 0.3) is 0 Å². The second-order valence-corrected chi connectivity index (χ2v) is 12.8. The van der Waals surface area contributed by atoms with E-state index in [1.807, 2.05) is 0 Å². The number of hydrogen-bond acceptors (Lipinski definition) is 5. The number of hydrogen-bond donors (Lipinski definition) is 1. The molecular formula is C27H34Cl3N3O5S. The maximum atomic E-state index is 13.5. The zero-order valence-corrected chi connectivity index (χ0v) is 25.3. The predicted molar refractivity (Wildman–Crippen MR) is 156 cm³/mol. The molecule has 0 bridgehead atoms. The fourth-order valence-corrected chi connectivity index (χ4v) is 6.30. The Kier molecular flexibility index (Phi) is 11.2. The lowest BCUT2D eigenvalue weighted by Gasteiger charge is -2.30. The molecule has 1 fully saturated rings. The lowest BCUT2D eigenvalue weighted by molar-refractivity contribution is -0.140. The van der Waals surface area contributed by atoms with Crippen molar-refractivity contribution < 1.29 is 22.7 Å². The van der Waals surface area contributed by atoms with E-state index >= 15 is 0 Å². The average Bonchev–Trinajstić information content (AvgIpc) is 3.38. The normalized spacial score (nSPS) is 14.6. The third-order valence-corrected chi connectivity index (χ3v) is 8.88. The van der Waals surface area contributed by atoms with Gasteiger partial charge in [-0.05, 0) is 62.1 Å². The summed E-state index contributed by atoms with van der Waals surface area (Å²) in [5.41, 5.74) is 1.02. The van der Waals surface area contributed by atoms with E-state index < -0.39 is 16.1 Å². The number of benzene rings is 2. The van der Waals surface area contributed by atoms with Gasteiger partial charge >= 0.3 is 0 Å². The van der Waals surface area contributed by atoms with E-state index in [9.17, 15) is 18.0 Å². The van der Waals surface area contributed by atoms with Crippen molar-refractivity contribution in [2.24, 2.45) is 0 Å². The third-order valence-electron chi connectivity index (χ3n) is 6.80. The number of sulfonamides is 1. The highest BCUT2D eigenvalue weighted by Crippen LogP contribution is 2.30. The van der Waals surface area contributed by atoms with Gasteiger partial charge in [-0.1, -0.05) is 53.7 Å². The molecule has 0 saturated heterocycles. The summed E-state index contributed by atoms with van der Waals surface area (Å²) < 4.78 is 31.5. The monoisotopic (exact) mass is 617 g/mol. The SMILES string of the molecule is COc1ccc(N(CCCC(=O)N(Cc2ccc(Cl)cc2Cl)[C@H](C)C(=O)NC2CCCC2)S(C)(=O)=O)cc1Cl. The zero-order chi connectivity index (χ0) is 28.7. The van der Waals surface area contributed by atoms with Crippen LogP contribution in [0.3, 0.4) is 0 Å². The summed E-state index contributed by atoms with van der Waals surface area (Å²) in [5, 5.41) is 4.19. The Morgan fingerprint density at radius 3 is 2.36 bits per heavy atom. The Hall–Kier alpha value is -2.20. The Balaban J connectivity index is 1.75. The van der Waals surface area contributed by atoms with Crippen LogP contribution < -0.4 is 14.4 Å². The van der Waals surface area contributed by atoms with Gasteiger partial charge in [-0.25, -0.2) is 8.42 Å². The molecule has 12 heteroatoms. The summed E-state index contributed by atoms with van der Waals surface area (Å²) in [6, 6.07) is 9.04. The molecule has 1 N–H and O–H groups in total. The number of amides is 2. The molecule has 2 amide bonds. The first kappa shape index (κ1) is 31.3. The third kappa shape index (κ3) is 8.64. The number of ether oxygens (including phenoxy) is 1. The van der Waals surface area contributed by atoms with Crippen LogP contribution in [0.5, 0.6) is 5.75 Å². The van der Waals surface area contributed by atoms with E-state index in [1.54, 1.807) is 37.3 Å². The van der Waals surface area contributed by atoms with Crippen molar-refractivity contribution in [1.82, 2.24) is 10.2 Å². The van der Waals surface area contributed by atoms with Crippen molar-refractivity contribution in [3.05, 3.63) is 57.0 Å². The number of halogens is 3. The molecule has 214 valence electrons. The Labute approximate surface area is 245 Å². The van der Waals surface area contributed by atoms with Crippen molar-refractivity contribution in [3.8, 4) is 5.75 Å². The Morgan fingerprint density at radius 2 is 1.77 bits per heavy atom. The van der Waals surface area contributed by atoms with Crippen molar-refractivity contribution in [2.75, 3.05) is 24.2 Å². The summed E-state index contributed by atoms with van der Waals surface area (Å²) >= 11 is 18.6. The van der Waals surface area contributed by atoms with E-state index in [4.69, 9.17) is 39.5 Å². The van der Waals surface area contributed by atoms with Crippen LogP contribution in [0.4, 0.5) is 5.69 Å². The van der Waals surface area contributed by atoms with Crippen molar-refractivity contribution >= 4 is 62.3 Å². The van der Waals surface area contributed by atoms with Crippen molar-refractivity contribution in [2.45, 2.75) is 64.1 Å². The molecule has 1 aliphatic rings. The van der Waals surface area contributed by atoms with Crippen LogP contribution in [0.1, 0.15) is 51.0 Å². The van der Waals surface area contributed by atoms with Crippen LogP contribution in [0, 0.1) is 0 Å². The highest BCUT2D eigenvalue weighted by atomic mass is 35.5. The van der Waals surface area contributed by atoms with Crippen LogP contribution in [-0.4, -0.2) is 57.1 Å². The first-order valence-electron chi connectivity index (χ1n) is 12.8. The molecule has 3 rings (SSSR count). The minimum absolute atomic E-state index is 0.0160. The molecular weight excluding hydrogens is 585 g/mol. The van der Waals surface area contributed by atoms with Gasteiger partial charge < -0.3 is 15.0 Å². The number of carbonyl (C=O) groups excluding carboxylic acids is 2. The Morgan fingerprint density at radius 1 is 1.08 bits per heavy atom. The number of nitrogens with zero attached hydrogens (tertiary/aromatic N) is 2. The lowest BCUT2D eigenvalue weighted by atomic mass is 10.1. The number of rotatable bonds is 12. The van der Waals surface area contributed by atoms with E-state index in [-0.39, 0.29) is 48.8 Å². The second kappa shape index (κ2) is 13.9. The molecule has 39 heavy (non-hydrogen) atoms. The molecule has 0 spiro atoms. The highest BCUT2D eigenvalue weighted by molar-refractivity contribution is 7.92. The smallest absolute Gasteiger partial charge is 0.242 e. The van der Waals surface area contributed by atoms with Gasteiger partial charge in [0.2, 0.25) is 21.8 Å². The van der Waals surface area contributed by atoms with Gasteiger partial charge in [0.25, 0.3) is 0 Å². The van der Waals surface area contributed by atoms with Gasteiger partial charge in [-0.15, -0.1) is 0 Å². The maximum Gasteiger partial charge on any atom is 0.242 e. The quantitative estimate of drug-likeness (QED) is 0.330. The summed E-state index contributed by atoms with van der Waals surface area (Å²) in [7, 11) is -2.19. The van der Waals surface area contributed by atoms with Crippen LogP contribution in [0.2, 0.25) is 15.1 Å². The highest BCUT2D eigenvalue weighted by Gasteiger charge is 2.29. The van der Waals surface area contributed by atoms with Gasteiger partial charge in [0.05, 0.1) is 24.1 Å². The summed E-state index contributed by atoms with van der Waals surface area (Å²) in [5.74, 6) is -0.104. The van der Waals surface area contributed by atoms with Gasteiger partial charge in [-0.2, -0.15) is 0 Å². The summed E-state index contributed by atoms with van der Waals surface area (Å²) in [4.78, 5) is 28.1. The average molecular weight is 619 g/mol. The van der Waals surface area contributed by atoms with Gasteiger partial charge in [0.15, 0.2) is 0 Å². The minimum atomic E-state index is -3.66. The molecule has 8 nitrogen and oxygen atoms in total. The molecule has 0 radical (unpaired) electrons. The first-order valence-corrected chi connectivity index (χ1v) is 15.7. The van der Waals surface area contributed by atoms with Gasteiger partial charge in [0.1, 0.15) is 11.8 Å². The van der Waals surface area contributed by atoms with E-state index in [1.165, 1.54) is 22.4 Å². The van der Waals surface area contributed by atoms with Crippen LogP contribution in [0.15, 0.2) is 36.4 Å². The largest absolute Gasteiger partial charge is 0.495 e. The Bertz CT molecular complexity index is 1290. The number of methoxy groups -OCH3 is 1. The van der Waals surface area contributed by atoms with Gasteiger partial charge in [0, 0.05) is 35.6 Å². The first-order chi connectivity index (χ1) is 18.4. The molecule has 2 aromatic rings. The van der Waals surface area contributed by atoms with Gasteiger partial charge in [-0.3, -0.25) is 13.9 Å². The summed E-state index contributed by atoms with van der Waals surface area (Å²) in [6.07, 6.45) is 5.31. The molecule has 0 unspecified atom stereocenters.